The fourth-order valence-electron chi connectivity index (χ4n) is 2.53. The highest BCUT2D eigenvalue weighted by molar-refractivity contribution is 9.11. The monoisotopic (exact) mass is 359 g/mol. The molecule has 0 aliphatic carbocycles. The van der Waals surface area contributed by atoms with Crippen LogP contribution in [0.1, 0.15) is 9.67 Å². The Bertz CT molecular complexity index is 966. The molecule has 21 heavy (non-hydrogen) atoms. The third kappa shape index (κ3) is 2.02. The van der Waals surface area contributed by atoms with E-state index in [-0.39, 0.29) is 5.78 Å². The van der Waals surface area contributed by atoms with Crippen LogP contribution in [0.4, 0.5) is 0 Å². The second-order valence-electron chi connectivity index (χ2n) is 4.70. The van der Waals surface area contributed by atoms with E-state index >= 15 is 0 Å². The number of hydrogen-bond acceptors (Lipinski definition) is 3. The van der Waals surface area contributed by atoms with Crippen molar-refractivity contribution in [1.29, 1.82) is 0 Å². The second-order valence-corrected chi connectivity index (χ2v) is 7.16. The predicted molar refractivity (Wildman–Crippen MR) is 87.0 cm³/mol. The summed E-state index contributed by atoms with van der Waals surface area (Å²) < 4.78 is 4.94. The van der Waals surface area contributed by atoms with Crippen molar-refractivity contribution < 1.29 is 4.79 Å². The number of hydrogen-bond donors (Lipinski definition) is 0. The Morgan fingerprint density at radius 1 is 1.19 bits per heavy atom. The van der Waals surface area contributed by atoms with E-state index in [2.05, 4.69) is 20.9 Å². The van der Waals surface area contributed by atoms with E-state index in [9.17, 15) is 4.79 Å². The average Bonchev–Trinajstić information content (AvgIpc) is 3.17. The SMILES string of the molecule is O=C(Cn1c2ccccc2n2ccnc12)c1ccc(Br)s1. The lowest BCUT2D eigenvalue weighted by atomic mass is 10.3. The van der Waals surface area contributed by atoms with Crippen molar-refractivity contribution in [3.8, 4) is 0 Å². The molecule has 0 unspecified atom stereocenters. The van der Waals surface area contributed by atoms with E-state index in [0.29, 0.717) is 6.54 Å². The normalized spacial score (nSPS) is 11.5. The summed E-state index contributed by atoms with van der Waals surface area (Å²) in [5.41, 5.74) is 2.08. The van der Waals surface area contributed by atoms with E-state index in [1.54, 1.807) is 6.20 Å². The lowest BCUT2D eigenvalue weighted by Crippen LogP contribution is -2.09. The van der Waals surface area contributed by atoms with Gasteiger partial charge in [-0.05, 0) is 40.2 Å². The molecule has 3 aromatic heterocycles. The molecule has 0 aliphatic heterocycles. The Kier molecular flexibility index (Phi) is 2.94. The minimum absolute atomic E-state index is 0.0944. The molecule has 0 fully saturated rings. The molecule has 0 N–H and O–H groups in total. The van der Waals surface area contributed by atoms with Gasteiger partial charge in [-0.25, -0.2) is 4.98 Å². The maximum Gasteiger partial charge on any atom is 0.215 e. The average molecular weight is 360 g/mol. The van der Waals surface area contributed by atoms with Gasteiger partial charge in [0.25, 0.3) is 0 Å². The van der Waals surface area contributed by atoms with Crippen LogP contribution in [0.5, 0.6) is 0 Å². The van der Waals surface area contributed by atoms with Crippen LogP contribution in [0.25, 0.3) is 16.8 Å². The summed E-state index contributed by atoms with van der Waals surface area (Å²) in [6.07, 6.45) is 3.67. The topological polar surface area (TPSA) is 39.3 Å². The van der Waals surface area contributed by atoms with Crippen LogP contribution in [-0.2, 0) is 6.54 Å². The number of rotatable bonds is 3. The molecule has 1 aromatic carbocycles. The van der Waals surface area contributed by atoms with E-state index in [4.69, 9.17) is 0 Å². The van der Waals surface area contributed by atoms with Crippen molar-refractivity contribution in [2.45, 2.75) is 6.54 Å². The second kappa shape index (κ2) is 4.82. The van der Waals surface area contributed by atoms with Gasteiger partial charge >= 0.3 is 0 Å². The molecule has 0 radical (unpaired) electrons. The molecule has 4 nitrogen and oxygen atoms in total. The zero-order valence-corrected chi connectivity index (χ0v) is 13.3. The molecule has 4 rings (SSSR count). The molecule has 0 amide bonds. The minimum atomic E-state index is 0.0944. The first-order chi connectivity index (χ1) is 10.2. The van der Waals surface area contributed by atoms with E-state index < -0.39 is 0 Å². The Morgan fingerprint density at radius 2 is 2.00 bits per heavy atom. The molecule has 104 valence electrons. The number of halogens is 1. The Morgan fingerprint density at radius 3 is 2.76 bits per heavy atom. The van der Waals surface area contributed by atoms with Crippen molar-refractivity contribution in [3.63, 3.8) is 0 Å². The third-order valence-electron chi connectivity index (χ3n) is 3.44. The summed E-state index contributed by atoms with van der Waals surface area (Å²) in [6.45, 7) is 0.293. The molecule has 0 aliphatic rings. The minimum Gasteiger partial charge on any atom is -0.302 e. The van der Waals surface area contributed by atoms with Crippen LogP contribution in [0, 0.1) is 0 Å². The summed E-state index contributed by atoms with van der Waals surface area (Å²) in [6, 6.07) is 11.8. The summed E-state index contributed by atoms with van der Waals surface area (Å²) >= 11 is 4.85. The van der Waals surface area contributed by atoms with Gasteiger partial charge in [0.15, 0.2) is 5.78 Å². The Balaban J connectivity index is 1.84. The maximum absolute atomic E-state index is 12.5. The largest absolute Gasteiger partial charge is 0.302 e. The number of carbonyl (C=O) groups excluding carboxylic acids is 1. The highest BCUT2D eigenvalue weighted by Crippen LogP contribution is 2.25. The summed E-state index contributed by atoms with van der Waals surface area (Å²) in [5.74, 6) is 0.886. The van der Waals surface area contributed by atoms with E-state index in [1.165, 1.54) is 11.3 Å². The maximum atomic E-state index is 12.5. The van der Waals surface area contributed by atoms with Crippen LogP contribution in [-0.4, -0.2) is 19.7 Å². The standard InChI is InChI=1S/C15H10BrN3OS/c16-14-6-5-13(21-14)12(20)9-19-11-4-2-1-3-10(11)18-8-7-17-15(18)19/h1-8H,9H2. The van der Waals surface area contributed by atoms with Gasteiger partial charge in [-0.2, -0.15) is 0 Å². The first kappa shape index (κ1) is 12.8. The lowest BCUT2D eigenvalue weighted by molar-refractivity contribution is 0.0978. The first-order valence-corrected chi connectivity index (χ1v) is 8.04. The lowest BCUT2D eigenvalue weighted by Gasteiger charge is -2.02. The number of ketones is 1. The number of thiophene rings is 1. The van der Waals surface area contributed by atoms with Gasteiger partial charge in [-0.1, -0.05) is 12.1 Å². The van der Waals surface area contributed by atoms with E-state index in [0.717, 1.165) is 25.5 Å². The van der Waals surface area contributed by atoms with Crippen LogP contribution in [0.3, 0.4) is 0 Å². The molecular formula is C15H10BrN3OS. The fraction of sp³-hybridized carbons (Fsp3) is 0.0667. The zero-order chi connectivity index (χ0) is 14.4. The van der Waals surface area contributed by atoms with Crippen LogP contribution < -0.4 is 0 Å². The Labute approximate surface area is 132 Å². The molecule has 0 atom stereocenters. The van der Waals surface area contributed by atoms with Gasteiger partial charge < -0.3 is 4.57 Å². The van der Waals surface area contributed by atoms with Crippen LogP contribution >= 0.6 is 27.3 Å². The van der Waals surface area contributed by atoms with Gasteiger partial charge in [-0.3, -0.25) is 9.20 Å². The molecule has 0 saturated heterocycles. The van der Waals surface area contributed by atoms with E-state index in [1.807, 2.05) is 51.6 Å². The summed E-state index contributed by atoms with van der Waals surface area (Å²) in [4.78, 5) is 17.6. The number of aromatic nitrogens is 3. The van der Waals surface area contributed by atoms with Crippen molar-refractivity contribution >= 4 is 49.9 Å². The van der Waals surface area contributed by atoms with Crippen molar-refractivity contribution in [1.82, 2.24) is 14.0 Å². The van der Waals surface area contributed by atoms with Gasteiger partial charge in [-0.15, -0.1) is 11.3 Å². The number of fused-ring (bicyclic) bond motifs is 3. The zero-order valence-electron chi connectivity index (χ0n) is 10.9. The predicted octanol–water partition coefficient (Wildman–Crippen LogP) is 4.00. The van der Waals surface area contributed by atoms with Gasteiger partial charge in [0, 0.05) is 12.4 Å². The van der Waals surface area contributed by atoms with Crippen LogP contribution in [0.2, 0.25) is 0 Å². The molecule has 4 aromatic rings. The first-order valence-electron chi connectivity index (χ1n) is 6.43. The molecule has 3 heterocycles. The molecule has 0 saturated carbocycles. The number of carbonyl (C=O) groups is 1. The number of Topliss-reactive ketones (excluding diaryl/α,β-unsaturated/α-hetero) is 1. The molecule has 0 spiro atoms. The number of nitrogens with zero attached hydrogens (tertiary/aromatic N) is 3. The van der Waals surface area contributed by atoms with Gasteiger partial charge in [0.2, 0.25) is 5.78 Å². The summed E-state index contributed by atoms with van der Waals surface area (Å²) in [5, 5.41) is 0. The number of imidazole rings is 2. The van der Waals surface area contributed by atoms with Gasteiger partial charge in [0.05, 0.1) is 26.2 Å². The van der Waals surface area contributed by atoms with Crippen molar-refractivity contribution in [2.75, 3.05) is 0 Å². The Hall–Kier alpha value is -1.92. The summed E-state index contributed by atoms with van der Waals surface area (Å²) in [7, 11) is 0. The van der Waals surface area contributed by atoms with Crippen molar-refractivity contribution in [3.05, 3.63) is 57.5 Å². The van der Waals surface area contributed by atoms with Crippen LogP contribution in [0.15, 0.2) is 52.6 Å². The fourth-order valence-corrected chi connectivity index (χ4v) is 3.84. The molecule has 0 bridgehead atoms. The molecular weight excluding hydrogens is 350 g/mol. The quantitative estimate of drug-likeness (QED) is 0.518. The number of para-hydroxylation sites is 2. The molecule has 6 heteroatoms. The number of benzene rings is 1. The smallest absolute Gasteiger partial charge is 0.215 e. The highest BCUT2D eigenvalue weighted by Gasteiger charge is 2.15. The van der Waals surface area contributed by atoms with Gasteiger partial charge in [0.1, 0.15) is 0 Å². The van der Waals surface area contributed by atoms with Crippen molar-refractivity contribution in [2.24, 2.45) is 0 Å². The highest BCUT2D eigenvalue weighted by atomic mass is 79.9. The third-order valence-corrected chi connectivity index (χ3v) is 5.11.